The third-order valence-electron chi connectivity index (χ3n) is 2.95. The predicted octanol–water partition coefficient (Wildman–Crippen LogP) is 3.41. The van der Waals surface area contributed by atoms with Crippen molar-refractivity contribution in [2.45, 2.75) is 26.2 Å². The van der Waals surface area contributed by atoms with E-state index in [1.54, 1.807) is 13.3 Å². The number of fused-ring (bicyclic) bond motifs is 1. The number of para-hydroxylation sites is 1. The summed E-state index contributed by atoms with van der Waals surface area (Å²) in [6.45, 7) is 6.30. The van der Waals surface area contributed by atoms with Crippen LogP contribution in [0.4, 0.5) is 0 Å². The SMILES string of the molecule is COc1cccc2c(C(C)(C)C)c(C#N)cnc12. The maximum Gasteiger partial charge on any atom is 0.145 e. The van der Waals surface area contributed by atoms with Gasteiger partial charge < -0.3 is 4.74 Å². The molecule has 1 aromatic carbocycles. The van der Waals surface area contributed by atoms with Gasteiger partial charge in [-0.05, 0) is 17.0 Å². The summed E-state index contributed by atoms with van der Waals surface area (Å²) in [6.07, 6.45) is 1.63. The van der Waals surface area contributed by atoms with Gasteiger partial charge in [-0.1, -0.05) is 32.9 Å². The van der Waals surface area contributed by atoms with Crippen LogP contribution in [0.25, 0.3) is 10.9 Å². The molecule has 3 heteroatoms. The highest BCUT2D eigenvalue weighted by Gasteiger charge is 2.22. The zero-order chi connectivity index (χ0) is 13.3. The predicted molar refractivity (Wildman–Crippen MR) is 71.7 cm³/mol. The number of rotatable bonds is 1. The van der Waals surface area contributed by atoms with Gasteiger partial charge >= 0.3 is 0 Å². The molecule has 92 valence electrons. The third-order valence-corrected chi connectivity index (χ3v) is 2.95. The molecule has 3 nitrogen and oxygen atoms in total. The third kappa shape index (κ3) is 1.91. The lowest BCUT2D eigenvalue weighted by molar-refractivity contribution is 0.419. The standard InChI is InChI=1S/C15H16N2O/c1-15(2,3)13-10(8-16)9-17-14-11(13)6-5-7-12(14)18-4/h5-7,9H,1-4H3. The maximum atomic E-state index is 9.25. The van der Waals surface area contributed by atoms with Crippen LogP contribution in [-0.2, 0) is 5.41 Å². The van der Waals surface area contributed by atoms with Crippen LogP contribution in [0.1, 0.15) is 31.9 Å². The lowest BCUT2D eigenvalue weighted by atomic mass is 9.82. The average molecular weight is 240 g/mol. The van der Waals surface area contributed by atoms with Crippen LogP contribution >= 0.6 is 0 Å². The van der Waals surface area contributed by atoms with Crippen LogP contribution in [-0.4, -0.2) is 12.1 Å². The zero-order valence-corrected chi connectivity index (χ0v) is 11.1. The Morgan fingerprint density at radius 1 is 1.28 bits per heavy atom. The lowest BCUT2D eigenvalue weighted by Crippen LogP contribution is -2.14. The first kappa shape index (κ1) is 12.4. The summed E-state index contributed by atoms with van der Waals surface area (Å²) >= 11 is 0. The Morgan fingerprint density at radius 3 is 2.56 bits per heavy atom. The molecule has 0 bridgehead atoms. The number of benzene rings is 1. The van der Waals surface area contributed by atoms with E-state index in [9.17, 15) is 5.26 Å². The molecular weight excluding hydrogens is 224 g/mol. The summed E-state index contributed by atoms with van der Waals surface area (Å²) in [4.78, 5) is 4.35. The molecule has 0 unspecified atom stereocenters. The van der Waals surface area contributed by atoms with Gasteiger partial charge in [-0.3, -0.25) is 4.98 Å². The molecule has 0 aliphatic carbocycles. The molecular formula is C15H16N2O. The number of pyridine rings is 1. The van der Waals surface area contributed by atoms with E-state index in [1.807, 2.05) is 18.2 Å². The fourth-order valence-electron chi connectivity index (χ4n) is 2.25. The van der Waals surface area contributed by atoms with Crippen molar-refractivity contribution in [3.63, 3.8) is 0 Å². The normalized spacial score (nSPS) is 11.3. The topological polar surface area (TPSA) is 45.9 Å². The highest BCUT2D eigenvalue weighted by Crippen LogP contribution is 2.34. The minimum atomic E-state index is -0.112. The molecule has 0 saturated carbocycles. The molecule has 0 amide bonds. The van der Waals surface area contributed by atoms with E-state index < -0.39 is 0 Å². The molecule has 0 aliphatic heterocycles. The van der Waals surface area contributed by atoms with E-state index in [0.29, 0.717) is 5.56 Å². The fourth-order valence-corrected chi connectivity index (χ4v) is 2.25. The van der Waals surface area contributed by atoms with Crippen molar-refractivity contribution in [1.29, 1.82) is 5.26 Å². The number of aromatic nitrogens is 1. The van der Waals surface area contributed by atoms with Crippen molar-refractivity contribution in [3.8, 4) is 11.8 Å². The van der Waals surface area contributed by atoms with Gasteiger partial charge in [0.2, 0.25) is 0 Å². The number of hydrogen-bond acceptors (Lipinski definition) is 3. The summed E-state index contributed by atoms with van der Waals surface area (Å²) in [5.41, 5.74) is 2.35. The van der Waals surface area contributed by atoms with Crippen LogP contribution in [0.3, 0.4) is 0 Å². The summed E-state index contributed by atoms with van der Waals surface area (Å²) in [6, 6.07) is 8.03. The van der Waals surface area contributed by atoms with Crippen molar-refractivity contribution in [3.05, 3.63) is 35.5 Å². The minimum absolute atomic E-state index is 0.112. The molecule has 1 heterocycles. The van der Waals surface area contributed by atoms with Crippen LogP contribution in [0.15, 0.2) is 24.4 Å². The number of nitrogens with zero attached hydrogens (tertiary/aromatic N) is 2. The highest BCUT2D eigenvalue weighted by atomic mass is 16.5. The average Bonchev–Trinajstić information content (AvgIpc) is 2.35. The summed E-state index contributed by atoms with van der Waals surface area (Å²) < 4.78 is 5.32. The van der Waals surface area contributed by atoms with E-state index in [2.05, 4.69) is 31.8 Å². The molecule has 2 aromatic rings. The van der Waals surface area contributed by atoms with Crippen LogP contribution in [0.5, 0.6) is 5.75 Å². The van der Waals surface area contributed by atoms with Crippen molar-refractivity contribution in [2.24, 2.45) is 0 Å². The molecule has 2 rings (SSSR count). The van der Waals surface area contributed by atoms with Gasteiger partial charge in [0.05, 0.1) is 12.7 Å². The molecule has 0 spiro atoms. The van der Waals surface area contributed by atoms with Crippen LogP contribution in [0.2, 0.25) is 0 Å². The fraction of sp³-hybridized carbons (Fsp3) is 0.333. The number of methoxy groups -OCH3 is 1. The highest BCUT2D eigenvalue weighted by molar-refractivity contribution is 5.89. The number of ether oxygens (including phenoxy) is 1. The smallest absolute Gasteiger partial charge is 0.145 e. The maximum absolute atomic E-state index is 9.25. The van der Waals surface area contributed by atoms with Gasteiger partial charge in [0.1, 0.15) is 17.3 Å². The van der Waals surface area contributed by atoms with E-state index in [0.717, 1.165) is 22.2 Å². The quantitative estimate of drug-likeness (QED) is 0.767. The molecule has 0 atom stereocenters. The molecule has 0 radical (unpaired) electrons. The zero-order valence-electron chi connectivity index (χ0n) is 11.1. The monoisotopic (exact) mass is 240 g/mol. The molecule has 0 saturated heterocycles. The Morgan fingerprint density at radius 2 is 2.00 bits per heavy atom. The first-order valence-corrected chi connectivity index (χ1v) is 5.85. The van der Waals surface area contributed by atoms with Crippen LogP contribution < -0.4 is 4.74 Å². The lowest BCUT2D eigenvalue weighted by Gasteiger charge is -2.22. The van der Waals surface area contributed by atoms with Gasteiger partial charge in [-0.15, -0.1) is 0 Å². The summed E-state index contributed by atoms with van der Waals surface area (Å²) in [5, 5.41) is 10.2. The first-order chi connectivity index (χ1) is 8.49. The molecule has 18 heavy (non-hydrogen) atoms. The van der Waals surface area contributed by atoms with Gasteiger partial charge in [0.15, 0.2) is 0 Å². The molecule has 1 aromatic heterocycles. The summed E-state index contributed by atoms with van der Waals surface area (Å²) in [7, 11) is 1.63. The van der Waals surface area contributed by atoms with Crippen molar-refractivity contribution in [1.82, 2.24) is 4.98 Å². The van der Waals surface area contributed by atoms with E-state index in [-0.39, 0.29) is 5.41 Å². The number of nitriles is 1. The number of hydrogen-bond donors (Lipinski definition) is 0. The first-order valence-electron chi connectivity index (χ1n) is 5.85. The second kappa shape index (κ2) is 4.30. The van der Waals surface area contributed by atoms with E-state index in [4.69, 9.17) is 4.74 Å². The molecule has 0 N–H and O–H groups in total. The van der Waals surface area contributed by atoms with Crippen molar-refractivity contribution in [2.75, 3.05) is 7.11 Å². The van der Waals surface area contributed by atoms with Crippen molar-refractivity contribution >= 4 is 10.9 Å². The Kier molecular flexibility index (Phi) is 2.96. The molecule has 0 fully saturated rings. The Bertz CT molecular complexity index is 633. The Hall–Kier alpha value is -2.08. The largest absolute Gasteiger partial charge is 0.494 e. The minimum Gasteiger partial charge on any atom is -0.494 e. The van der Waals surface area contributed by atoms with E-state index >= 15 is 0 Å². The van der Waals surface area contributed by atoms with Gasteiger partial charge in [0.25, 0.3) is 0 Å². The Balaban J connectivity index is 2.92. The summed E-state index contributed by atoms with van der Waals surface area (Å²) in [5.74, 6) is 0.738. The second-order valence-corrected chi connectivity index (χ2v) is 5.27. The van der Waals surface area contributed by atoms with Gasteiger partial charge in [0, 0.05) is 11.6 Å². The van der Waals surface area contributed by atoms with Crippen LogP contribution in [0, 0.1) is 11.3 Å². The van der Waals surface area contributed by atoms with Gasteiger partial charge in [-0.25, -0.2) is 0 Å². The second-order valence-electron chi connectivity index (χ2n) is 5.27. The van der Waals surface area contributed by atoms with E-state index in [1.165, 1.54) is 0 Å². The molecule has 0 aliphatic rings. The van der Waals surface area contributed by atoms with Gasteiger partial charge in [-0.2, -0.15) is 5.26 Å². The van der Waals surface area contributed by atoms with Crippen molar-refractivity contribution < 1.29 is 4.74 Å². The Labute approximate surface area is 107 Å².